The Balaban J connectivity index is 2.46. The topological polar surface area (TPSA) is 42.9 Å². The Hall–Kier alpha value is -1.55. The lowest BCUT2D eigenvalue weighted by molar-refractivity contribution is 0.104. The molecule has 0 aliphatic carbocycles. The first-order chi connectivity index (χ1) is 7.18. The minimum Gasteiger partial charge on any atom is -0.288 e. The average molecular weight is 218 g/mol. The van der Waals surface area contributed by atoms with E-state index in [9.17, 15) is 4.79 Å². The number of ketones is 1. The van der Waals surface area contributed by atoms with Gasteiger partial charge >= 0.3 is 0 Å². The van der Waals surface area contributed by atoms with Crippen LogP contribution >= 0.6 is 11.3 Å². The smallest absolute Gasteiger partial charge is 0.204 e. The van der Waals surface area contributed by atoms with Crippen molar-refractivity contribution in [2.24, 2.45) is 0 Å². The highest BCUT2D eigenvalue weighted by Crippen LogP contribution is 2.16. The Morgan fingerprint density at radius 2 is 2.13 bits per heavy atom. The predicted molar refractivity (Wildman–Crippen MR) is 59.3 cm³/mol. The Bertz CT molecular complexity index is 491. The maximum absolute atomic E-state index is 12.0. The van der Waals surface area contributed by atoms with E-state index in [1.54, 1.807) is 13.0 Å². The SMILES string of the molecule is Cc1cc(C(=O)c2cccs2)c(C)nn1. The molecule has 2 heterocycles. The Labute approximate surface area is 91.8 Å². The fraction of sp³-hybridized carbons (Fsp3) is 0.182. The number of aryl methyl sites for hydroxylation is 2. The van der Waals surface area contributed by atoms with Crippen LogP contribution in [0.2, 0.25) is 0 Å². The summed E-state index contributed by atoms with van der Waals surface area (Å²) in [5.41, 5.74) is 2.09. The molecule has 0 saturated carbocycles. The summed E-state index contributed by atoms with van der Waals surface area (Å²) in [6.07, 6.45) is 0. The quantitative estimate of drug-likeness (QED) is 0.727. The molecule has 2 rings (SSSR count). The van der Waals surface area contributed by atoms with Gasteiger partial charge in [0.1, 0.15) is 0 Å². The molecule has 0 radical (unpaired) electrons. The zero-order valence-electron chi connectivity index (χ0n) is 8.52. The summed E-state index contributed by atoms with van der Waals surface area (Å²) in [5.74, 6) is 0.0282. The van der Waals surface area contributed by atoms with Crippen LogP contribution in [0.5, 0.6) is 0 Å². The van der Waals surface area contributed by atoms with Gasteiger partial charge in [-0.25, -0.2) is 0 Å². The Morgan fingerprint density at radius 1 is 1.33 bits per heavy atom. The van der Waals surface area contributed by atoms with E-state index in [1.807, 2.05) is 24.4 Å². The van der Waals surface area contributed by atoms with Crippen molar-refractivity contribution in [2.75, 3.05) is 0 Å². The second-order valence-corrected chi connectivity index (χ2v) is 4.24. The van der Waals surface area contributed by atoms with Gasteiger partial charge in [0.25, 0.3) is 0 Å². The van der Waals surface area contributed by atoms with Crippen LogP contribution < -0.4 is 0 Å². The molecule has 0 N–H and O–H groups in total. The molecule has 15 heavy (non-hydrogen) atoms. The van der Waals surface area contributed by atoms with E-state index < -0.39 is 0 Å². The van der Waals surface area contributed by atoms with Gasteiger partial charge in [-0.3, -0.25) is 4.79 Å². The molecule has 0 atom stereocenters. The van der Waals surface area contributed by atoms with Gasteiger partial charge in [-0.05, 0) is 31.4 Å². The first-order valence-electron chi connectivity index (χ1n) is 4.57. The first-order valence-corrected chi connectivity index (χ1v) is 5.45. The predicted octanol–water partition coefficient (Wildman–Crippen LogP) is 2.39. The van der Waals surface area contributed by atoms with Crippen LogP contribution in [-0.2, 0) is 0 Å². The molecule has 0 saturated heterocycles. The van der Waals surface area contributed by atoms with Gasteiger partial charge < -0.3 is 0 Å². The molecule has 0 fully saturated rings. The number of carbonyl (C=O) groups is 1. The number of nitrogens with zero attached hydrogens (tertiary/aromatic N) is 2. The highest BCUT2D eigenvalue weighted by Gasteiger charge is 2.13. The summed E-state index contributed by atoms with van der Waals surface area (Å²) in [7, 11) is 0. The number of hydrogen-bond donors (Lipinski definition) is 0. The van der Waals surface area contributed by atoms with Crippen molar-refractivity contribution in [3.05, 3.63) is 45.4 Å². The van der Waals surface area contributed by atoms with Gasteiger partial charge in [-0.15, -0.1) is 11.3 Å². The fourth-order valence-electron chi connectivity index (χ4n) is 1.32. The first kappa shape index (κ1) is 9.98. The Kier molecular flexibility index (Phi) is 2.60. The molecule has 0 aliphatic heterocycles. The van der Waals surface area contributed by atoms with Crippen molar-refractivity contribution >= 4 is 17.1 Å². The van der Waals surface area contributed by atoms with Gasteiger partial charge in [0, 0.05) is 5.56 Å². The van der Waals surface area contributed by atoms with Gasteiger partial charge in [-0.2, -0.15) is 10.2 Å². The van der Waals surface area contributed by atoms with Crippen molar-refractivity contribution in [2.45, 2.75) is 13.8 Å². The average Bonchev–Trinajstić information content (AvgIpc) is 2.74. The molecule has 0 amide bonds. The van der Waals surface area contributed by atoms with E-state index >= 15 is 0 Å². The van der Waals surface area contributed by atoms with E-state index in [0.29, 0.717) is 11.3 Å². The fourth-order valence-corrected chi connectivity index (χ4v) is 2.00. The van der Waals surface area contributed by atoms with E-state index in [1.165, 1.54) is 11.3 Å². The second kappa shape index (κ2) is 3.90. The Morgan fingerprint density at radius 3 is 2.80 bits per heavy atom. The molecule has 0 unspecified atom stereocenters. The van der Waals surface area contributed by atoms with Crippen LogP contribution in [0.1, 0.15) is 26.6 Å². The lowest BCUT2D eigenvalue weighted by Gasteiger charge is -2.02. The van der Waals surface area contributed by atoms with Crippen molar-refractivity contribution in [1.29, 1.82) is 0 Å². The standard InChI is InChI=1S/C11H10N2OS/c1-7-6-9(8(2)13-12-7)11(14)10-4-3-5-15-10/h3-6H,1-2H3. The molecule has 4 heteroatoms. The highest BCUT2D eigenvalue weighted by molar-refractivity contribution is 7.12. The van der Waals surface area contributed by atoms with Gasteiger partial charge in [0.2, 0.25) is 5.78 Å². The van der Waals surface area contributed by atoms with E-state index in [0.717, 1.165) is 10.6 Å². The largest absolute Gasteiger partial charge is 0.288 e. The zero-order chi connectivity index (χ0) is 10.8. The molecule has 0 bridgehead atoms. The maximum Gasteiger partial charge on any atom is 0.204 e. The van der Waals surface area contributed by atoms with Gasteiger partial charge in [0.05, 0.1) is 16.3 Å². The number of rotatable bonds is 2. The molecule has 0 aromatic carbocycles. The summed E-state index contributed by atoms with van der Waals surface area (Å²) < 4.78 is 0. The number of thiophene rings is 1. The summed E-state index contributed by atoms with van der Waals surface area (Å²) in [6.45, 7) is 3.63. The van der Waals surface area contributed by atoms with Crippen LogP contribution in [0.3, 0.4) is 0 Å². The minimum atomic E-state index is 0.0282. The molecule has 0 spiro atoms. The summed E-state index contributed by atoms with van der Waals surface area (Å²) in [6, 6.07) is 5.47. The van der Waals surface area contributed by atoms with Crippen LogP contribution in [0, 0.1) is 13.8 Å². The summed E-state index contributed by atoms with van der Waals surface area (Å²) >= 11 is 1.44. The van der Waals surface area contributed by atoms with E-state index in [4.69, 9.17) is 0 Å². The van der Waals surface area contributed by atoms with E-state index in [-0.39, 0.29) is 5.78 Å². The molecule has 0 aliphatic rings. The number of aromatic nitrogens is 2. The normalized spacial score (nSPS) is 10.3. The monoisotopic (exact) mass is 218 g/mol. The highest BCUT2D eigenvalue weighted by atomic mass is 32.1. The second-order valence-electron chi connectivity index (χ2n) is 3.29. The lowest BCUT2D eigenvalue weighted by atomic mass is 10.1. The molecule has 76 valence electrons. The summed E-state index contributed by atoms with van der Waals surface area (Å²) in [4.78, 5) is 12.8. The van der Waals surface area contributed by atoms with Crippen LogP contribution in [0.25, 0.3) is 0 Å². The van der Waals surface area contributed by atoms with Crippen molar-refractivity contribution in [3.8, 4) is 0 Å². The van der Waals surface area contributed by atoms with Crippen molar-refractivity contribution in [1.82, 2.24) is 10.2 Å². The lowest BCUT2D eigenvalue weighted by Crippen LogP contribution is -2.05. The third-order valence-electron chi connectivity index (χ3n) is 2.09. The molecule has 2 aromatic heterocycles. The molecule has 3 nitrogen and oxygen atoms in total. The third kappa shape index (κ3) is 1.94. The van der Waals surface area contributed by atoms with Crippen LogP contribution in [-0.4, -0.2) is 16.0 Å². The van der Waals surface area contributed by atoms with Crippen molar-refractivity contribution in [3.63, 3.8) is 0 Å². The van der Waals surface area contributed by atoms with Crippen molar-refractivity contribution < 1.29 is 4.79 Å². The van der Waals surface area contributed by atoms with Crippen LogP contribution in [0.4, 0.5) is 0 Å². The van der Waals surface area contributed by atoms with Gasteiger partial charge in [0.15, 0.2) is 0 Å². The zero-order valence-corrected chi connectivity index (χ0v) is 9.34. The molecule has 2 aromatic rings. The van der Waals surface area contributed by atoms with Gasteiger partial charge in [-0.1, -0.05) is 6.07 Å². The number of carbonyl (C=O) groups excluding carboxylic acids is 1. The number of hydrogen-bond acceptors (Lipinski definition) is 4. The minimum absolute atomic E-state index is 0.0282. The summed E-state index contributed by atoms with van der Waals surface area (Å²) in [5, 5.41) is 9.74. The molecular weight excluding hydrogens is 208 g/mol. The third-order valence-corrected chi connectivity index (χ3v) is 2.96. The molecular formula is C11H10N2OS. The van der Waals surface area contributed by atoms with Crippen LogP contribution in [0.15, 0.2) is 23.6 Å². The van der Waals surface area contributed by atoms with E-state index in [2.05, 4.69) is 10.2 Å². The maximum atomic E-state index is 12.0.